The first-order chi connectivity index (χ1) is 8.90. The molecule has 2 rings (SSSR count). The number of carboxylic acids is 1. The lowest BCUT2D eigenvalue weighted by Crippen LogP contribution is -2.27. The number of rotatable bonds is 5. The SMILES string of the molecule is CC(NS(=O)(=O)c1cc(C(=O)O)cs1)c1ncn[nH]1. The molecule has 0 bridgehead atoms. The van der Waals surface area contributed by atoms with Crippen LogP contribution in [0, 0.1) is 0 Å². The van der Waals surface area contributed by atoms with Crippen LogP contribution in [0.15, 0.2) is 22.0 Å². The molecule has 0 aliphatic rings. The lowest BCUT2D eigenvalue weighted by atomic mass is 10.3. The summed E-state index contributed by atoms with van der Waals surface area (Å²) in [5.41, 5.74) is -0.0577. The molecule has 2 heterocycles. The highest BCUT2D eigenvalue weighted by Gasteiger charge is 2.22. The fourth-order valence-corrected chi connectivity index (χ4v) is 3.72. The Kier molecular flexibility index (Phi) is 3.64. The Morgan fingerprint density at radius 2 is 2.32 bits per heavy atom. The normalized spacial score (nSPS) is 13.3. The maximum atomic E-state index is 12.0. The predicted molar refractivity (Wildman–Crippen MR) is 66.4 cm³/mol. The summed E-state index contributed by atoms with van der Waals surface area (Å²) in [4.78, 5) is 14.6. The van der Waals surface area contributed by atoms with Gasteiger partial charge in [0.25, 0.3) is 10.0 Å². The molecule has 1 unspecified atom stereocenters. The Bertz CT molecular complexity index is 677. The molecule has 10 heteroatoms. The number of nitrogens with one attached hydrogen (secondary N) is 2. The largest absolute Gasteiger partial charge is 0.478 e. The highest BCUT2D eigenvalue weighted by Crippen LogP contribution is 2.21. The van der Waals surface area contributed by atoms with Crippen molar-refractivity contribution in [3.63, 3.8) is 0 Å². The first-order valence-corrected chi connectivity index (χ1v) is 7.46. The highest BCUT2D eigenvalue weighted by atomic mass is 32.2. The number of hydrogen-bond donors (Lipinski definition) is 3. The van der Waals surface area contributed by atoms with E-state index in [-0.39, 0.29) is 9.77 Å². The van der Waals surface area contributed by atoms with Gasteiger partial charge in [0, 0.05) is 5.38 Å². The predicted octanol–water partition coefficient (Wildman–Crippen LogP) is 0.604. The second-order valence-corrected chi connectivity index (χ2v) is 6.53. The molecule has 8 nitrogen and oxygen atoms in total. The van der Waals surface area contributed by atoms with Crippen molar-refractivity contribution >= 4 is 27.3 Å². The van der Waals surface area contributed by atoms with Crippen LogP contribution in [-0.2, 0) is 10.0 Å². The van der Waals surface area contributed by atoms with Crippen LogP contribution in [0.3, 0.4) is 0 Å². The maximum Gasteiger partial charge on any atom is 0.336 e. The topological polar surface area (TPSA) is 125 Å². The first-order valence-electron chi connectivity index (χ1n) is 5.09. The zero-order valence-corrected chi connectivity index (χ0v) is 11.3. The number of aromatic nitrogens is 3. The number of carboxylic acid groups (broad SMARTS) is 1. The zero-order chi connectivity index (χ0) is 14.0. The van der Waals surface area contributed by atoms with Crippen LogP contribution < -0.4 is 4.72 Å². The molecule has 102 valence electrons. The average Bonchev–Trinajstić information content (AvgIpc) is 3.00. The van der Waals surface area contributed by atoms with E-state index in [0.717, 1.165) is 17.4 Å². The van der Waals surface area contributed by atoms with Gasteiger partial charge in [-0.05, 0) is 13.0 Å². The number of hydrogen-bond acceptors (Lipinski definition) is 6. The Morgan fingerprint density at radius 1 is 1.58 bits per heavy atom. The molecule has 0 saturated carbocycles. The fourth-order valence-electron chi connectivity index (χ4n) is 1.34. The number of carbonyl (C=O) groups is 1. The van der Waals surface area contributed by atoms with Gasteiger partial charge in [0.2, 0.25) is 0 Å². The lowest BCUT2D eigenvalue weighted by molar-refractivity contribution is 0.0697. The lowest BCUT2D eigenvalue weighted by Gasteiger charge is -2.09. The van der Waals surface area contributed by atoms with Gasteiger partial charge in [-0.3, -0.25) is 5.10 Å². The number of H-pyrrole nitrogens is 1. The van der Waals surface area contributed by atoms with Gasteiger partial charge in [0.15, 0.2) is 0 Å². The van der Waals surface area contributed by atoms with Crippen LogP contribution in [0.4, 0.5) is 0 Å². The van der Waals surface area contributed by atoms with Crippen LogP contribution >= 0.6 is 11.3 Å². The molecule has 0 spiro atoms. The molecular formula is C9H10N4O4S2. The number of aromatic carboxylic acids is 1. The minimum Gasteiger partial charge on any atom is -0.478 e. The van der Waals surface area contributed by atoms with Crippen molar-refractivity contribution in [2.75, 3.05) is 0 Å². The van der Waals surface area contributed by atoms with Crippen LogP contribution in [0.2, 0.25) is 0 Å². The molecule has 3 N–H and O–H groups in total. The number of thiophene rings is 1. The summed E-state index contributed by atoms with van der Waals surface area (Å²) in [6, 6.07) is 0.519. The smallest absolute Gasteiger partial charge is 0.336 e. The molecule has 2 aromatic rings. The molecule has 0 saturated heterocycles. The molecule has 0 aliphatic heterocycles. The van der Waals surface area contributed by atoms with Gasteiger partial charge in [-0.2, -0.15) is 5.10 Å². The van der Waals surface area contributed by atoms with Gasteiger partial charge < -0.3 is 5.11 Å². The van der Waals surface area contributed by atoms with E-state index in [1.165, 1.54) is 11.7 Å². The summed E-state index contributed by atoms with van der Waals surface area (Å²) < 4.78 is 26.4. The van der Waals surface area contributed by atoms with E-state index in [0.29, 0.717) is 5.82 Å². The van der Waals surface area contributed by atoms with Gasteiger partial charge in [-0.1, -0.05) is 0 Å². The second-order valence-electron chi connectivity index (χ2n) is 3.67. The van der Waals surface area contributed by atoms with Gasteiger partial charge in [-0.25, -0.2) is 22.9 Å². The summed E-state index contributed by atoms with van der Waals surface area (Å²) in [7, 11) is -3.78. The van der Waals surface area contributed by atoms with Crippen LogP contribution in [-0.4, -0.2) is 34.7 Å². The Morgan fingerprint density at radius 3 is 2.84 bits per heavy atom. The van der Waals surface area contributed by atoms with Crippen LogP contribution in [0.5, 0.6) is 0 Å². The van der Waals surface area contributed by atoms with Crippen molar-refractivity contribution < 1.29 is 18.3 Å². The van der Waals surface area contributed by atoms with E-state index >= 15 is 0 Å². The maximum absolute atomic E-state index is 12.0. The van der Waals surface area contributed by atoms with Gasteiger partial charge in [-0.15, -0.1) is 11.3 Å². The molecule has 0 radical (unpaired) electrons. The Hall–Kier alpha value is -1.78. The molecule has 0 aliphatic carbocycles. The van der Waals surface area contributed by atoms with E-state index in [1.807, 2.05) is 0 Å². The zero-order valence-electron chi connectivity index (χ0n) is 9.69. The average molecular weight is 302 g/mol. The Balaban J connectivity index is 2.20. The molecule has 0 fully saturated rings. The number of sulfonamides is 1. The summed E-state index contributed by atoms with van der Waals surface area (Å²) >= 11 is 0.847. The number of aromatic amines is 1. The molecule has 19 heavy (non-hydrogen) atoms. The van der Waals surface area contributed by atoms with Crippen molar-refractivity contribution in [2.45, 2.75) is 17.2 Å². The van der Waals surface area contributed by atoms with E-state index in [1.54, 1.807) is 6.92 Å². The van der Waals surface area contributed by atoms with E-state index in [4.69, 9.17) is 5.11 Å². The highest BCUT2D eigenvalue weighted by molar-refractivity contribution is 7.91. The van der Waals surface area contributed by atoms with Crippen LogP contribution in [0.1, 0.15) is 29.1 Å². The molecule has 0 amide bonds. The monoisotopic (exact) mass is 302 g/mol. The molecular weight excluding hydrogens is 292 g/mol. The van der Waals surface area contributed by atoms with Crippen molar-refractivity contribution in [3.05, 3.63) is 29.2 Å². The van der Waals surface area contributed by atoms with E-state index in [2.05, 4.69) is 19.9 Å². The molecule has 1 atom stereocenters. The van der Waals surface area contributed by atoms with Crippen molar-refractivity contribution in [1.82, 2.24) is 19.9 Å². The third kappa shape index (κ3) is 2.97. The summed E-state index contributed by atoms with van der Waals surface area (Å²) in [5, 5.41) is 16.2. The van der Waals surface area contributed by atoms with Gasteiger partial charge in [0.1, 0.15) is 16.4 Å². The minimum absolute atomic E-state index is 0.0577. The Labute approximate surface area is 112 Å². The number of nitrogens with zero attached hydrogens (tertiary/aromatic N) is 2. The second kappa shape index (κ2) is 5.07. The summed E-state index contributed by atoms with van der Waals surface area (Å²) in [5.74, 6) is -0.792. The van der Waals surface area contributed by atoms with E-state index in [9.17, 15) is 13.2 Å². The summed E-state index contributed by atoms with van der Waals surface area (Å²) in [6.07, 6.45) is 1.27. The third-order valence-corrected chi connectivity index (χ3v) is 5.24. The van der Waals surface area contributed by atoms with Crippen molar-refractivity contribution in [1.29, 1.82) is 0 Å². The fraction of sp³-hybridized carbons (Fsp3) is 0.222. The first kappa shape index (κ1) is 13.6. The van der Waals surface area contributed by atoms with Gasteiger partial charge >= 0.3 is 5.97 Å². The third-order valence-electron chi connectivity index (χ3n) is 2.26. The minimum atomic E-state index is -3.78. The molecule has 0 aromatic carbocycles. The summed E-state index contributed by atoms with van der Waals surface area (Å²) in [6.45, 7) is 1.60. The van der Waals surface area contributed by atoms with E-state index < -0.39 is 22.0 Å². The quantitative estimate of drug-likeness (QED) is 0.743. The van der Waals surface area contributed by atoms with Crippen LogP contribution in [0.25, 0.3) is 0 Å². The molecule has 2 aromatic heterocycles. The van der Waals surface area contributed by atoms with Gasteiger partial charge in [0.05, 0.1) is 11.6 Å². The van der Waals surface area contributed by atoms with Crippen molar-refractivity contribution in [3.8, 4) is 0 Å². The van der Waals surface area contributed by atoms with Crippen molar-refractivity contribution in [2.24, 2.45) is 0 Å². The standard InChI is InChI=1S/C9H10N4O4S2/c1-5(8-10-4-11-12-8)13-19(16,17)7-2-6(3-18-7)9(14)15/h2-5,13H,1H3,(H,14,15)(H,10,11,12).